The molecule has 2 rings (SSSR count). The van der Waals surface area contributed by atoms with Gasteiger partial charge in [-0.25, -0.2) is 18.2 Å². The summed E-state index contributed by atoms with van der Waals surface area (Å²) in [7, 11) is 0.0235. The fourth-order valence-electron chi connectivity index (χ4n) is 2.52. The molecule has 0 aliphatic rings. The summed E-state index contributed by atoms with van der Waals surface area (Å²) in [6, 6.07) is 8.60. The second kappa shape index (κ2) is 8.29. The van der Waals surface area contributed by atoms with E-state index in [0.717, 1.165) is 17.2 Å². The van der Waals surface area contributed by atoms with E-state index in [4.69, 9.17) is 4.84 Å². The summed E-state index contributed by atoms with van der Waals surface area (Å²) in [5, 5.41) is 0.904. The molecule has 0 radical (unpaired) electrons. The van der Waals surface area contributed by atoms with Gasteiger partial charge in [-0.1, -0.05) is 24.3 Å². The highest BCUT2D eigenvalue weighted by atomic mass is 32.2. The van der Waals surface area contributed by atoms with E-state index in [2.05, 4.69) is 4.72 Å². The van der Waals surface area contributed by atoms with Crippen LogP contribution in [0, 0.1) is 0 Å². The first kappa shape index (κ1) is 21.9. The first-order valence-corrected chi connectivity index (χ1v) is 9.52. The Balaban J connectivity index is 2.53. The molecule has 10 heteroatoms. The smallest absolute Gasteiger partial charge is 0.274 e. The maximum absolute atomic E-state index is 12.9. The van der Waals surface area contributed by atoms with Gasteiger partial charge in [0.25, 0.3) is 5.91 Å². The highest BCUT2D eigenvalue weighted by Gasteiger charge is 2.30. The van der Waals surface area contributed by atoms with Crippen LogP contribution in [-0.4, -0.2) is 40.6 Å². The summed E-state index contributed by atoms with van der Waals surface area (Å²) in [6.45, 7) is 0. The lowest BCUT2D eigenvalue weighted by molar-refractivity contribution is -0.137. The molecule has 152 valence electrons. The third-order valence-corrected chi connectivity index (χ3v) is 5.51. The summed E-state index contributed by atoms with van der Waals surface area (Å²) >= 11 is 0. The molecule has 0 aliphatic carbocycles. The molecular formula is C18H19F3N2O4S. The zero-order valence-electron chi connectivity index (χ0n) is 15.4. The number of hydrogen-bond acceptors (Lipinski definition) is 4. The highest BCUT2D eigenvalue weighted by Crippen LogP contribution is 2.30. The van der Waals surface area contributed by atoms with Crippen LogP contribution in [0.5, 0.6) is 0 Å². The molecule has 0 bridgehead atoms. The summed E-state index contributed by atoms with van der Waals surface area (Å²) in [4.78, 5) is 17.3. The van der Waals surface area contributed by atoms with Crippen LogP contribution < -0.4 is 4.72 Å². The molecule has 0 saturated carbocycles. The topological polar surface area (TPSA) is 75.7 Å². The molecule has 0 aliphatic heterocycles. The lowest BCUT2D eigenvalue weighted by Gasteiger charge is -2.17. The first-order chi connectivity index (χ1) is 13.0. The Kier molecular flexibility index (Phi) is 6.48. The van der Waals surface area contributed by atoms with E-state index in [-0.39, 0.29) is 16.9 Å². The number of carbonyl (C=O) groups is 1. The van der Waals surface area contributed by atoms with Gasteiger partial charge in [-0.3, -0.25) is 9.63 Å². The highest BCUT2D eigenvalue weighted by molar-refractivity contribution is 7.89. The Morgan fingerprint density at radius 3 is 2.43 bits per heavy atom. The number of hydroxylamine groups is 2. The van der Waals surface area contributed by atoms with Gasteiger partial charge < -0.3 is 0 Å². The number of nitrogens with zero attached hydrogens (tertiary/aromatic N) is 1. The molecule has 6 nitrogen and oxygen atoms in total. The molecule has 0 fully saturated rings. The average Bonchev–Trinajstić information content (AvgIpc) is 2.66. The molecule has 0 saturated heterocycles. The predicted molar refractivity (Wildman–Crippen MR) is 96.0 cm³/mol. The molecule has 28 heavy (non-hydrogen) atoms. The van der Waals surface area contributed by atoms with Crippen LogP contribution in [0.15, 0.2) is 47.4 Å². The van der Waals surface area contributed by atoms with Crippen LogP contribution in [-0.2, 0) is 27.5 Å². The van der Waals surface area contributed by atoms with Crippen LogP contribution in [0.4, 0.5) is 13.2 Å². The van der Waals surface area contributed by atoms with Crippen molar-refractivity contribution >= 4 is 15.9 Å². The van der Waals surface area contributed by atoms with Crippen molar-refractivity contribution in [3.05, 3.63) is 64.7 Å². The number of amides is 1. The van der Waals surface area contributed by atoms with Crippen LogP contribution in [0.3, 0.4) is 0 Å². The van der Waals surface area contributed by atoms with Crippen molar-refractivity contribution in [2.24, 2.45) is 0 Å². The van der Waals surface area contributed by atoms with E-state index in [0.29, 0.717) is 11.1 Å². The Labute approximate surface area is 160 Å². The monoisotopic (exact) mass is 416 g/mol. The maximum Gasteiger partial charge on any atom is 0.416 e. The van der Waals surface area contributed by atoms with E-state index in [9.17, 15) is 26.4 Å². The van der Waals surface area contributed by atoms with E-state index in [1.807, 2.05) is 0 Å². The van der Waals surface area contributed by atoms with Gasteiger partial charge in [0, 0.05) is 12.6 Å². The third kappa shape index (κ3) is 4.89. The molecule has 1 amide bonds. The van der Waals surface area contributed by atoms with E-state index < -0.39 is 27.7 Å². The molecule has 0 atom stereocenters. The number of rotatable bonds is 6. The van der Waals surface area contributed by atoms with Crippen LogP contribution in [0.25, 0.3) is 0 Å². The standard InChI is InChI=1S/C18H19F3N2O4S/c1-22-28(25,26)15-8-7-13(16(11-15)17(24)23(2)27-3)9-12-5-4-6-14(10-12)18(19,20)21/h4-8,10-11,22H,9H2,1-3H3. The number of hydrogen-bond donors (Lipinski definition) is 1. The second-order valence-corrected chi connectivity index (χ2v) is 7.77. The van der Waals surface area contributed by atoms with Crippen LogP contribution in [0.2, 0.25) is 0 Å². The molecule has 2 aromatic rings. The number of halogens is 3. The van der Waals surface area contributed by atoms with Gasteiger partial charge in [-0.05, 0) is 42.8 Å². The normalized spacial score (nSPS) is 12.1. The molecule has 0 aromatic heterocycles. The van der Waals surface area contributed by atoms with Gasteiger partial charge in [0.05, 0.1) is 17.6 Å². The number of nitrogens with one attached hydrogen (secondary N) is 1. The van der Waals surface area contributed by atoms with E-state index in [1.165, 1.54) is 51.5 Å². The second-order valence-electron chi connectivity index (χ2n) is 5.89. The largest absolute Gasteiger partial charge is 0.416 e. The Bertz CT molecular complexity index is 975. The van der Waals surface area contributed by atoms with Crippen molar-refractivity contribution in [3.63, 3.8) is 0 Å². The summed E-state index contributed by atoms with van der Waals surface area (Å²) in [5.41, 5.74) is -0.101. The lowest BCUT2D eigenvalue weighted by Crippen LogP contribution is -2.27. The molecule has 0 unspecified atom stereocenters. The predicted octanol–water partition coefficient (Wildman–Crippen LogP) is 2.84. The van der Waals surface area contributed by atoms with Crippen LogP contribution >= 0.6 is 0 Å². The van der Waals surface area contributed by atoms with Crippen molar-refractivity contribution in [3.8, 4) is 0 Å². The quantitative estimate of drug-likeness (QED) is 0.735. The minimum absolute atomic E-state index is 0.00241. The average molecular weight is 416 g/mol. The SMILES string of the molecule is CNS(=O)(=O)c1ccc(Cc2cccc(C(F)(F)F)c2)c(C(=O)N(C)OC)c1. The van der Waals surface area contributed by atoms with Gasteiger partial charge in [-0.15, -0.1) is 0 Å². The zero-order chi connectivity index (χ0) is 21.1. The van der Waals surface area contributed by atoms with E-state index in [1.54, 1.807) is 0 Å². The van der Waals surface area contributed by atoms with Crippen LogP contribution in [0.1, 0.15) is 27.0 Å². The summed E-state index contributed by atoms with van der Waals surface area (Å²) in [6.07, 6.45) is -4.49. The van der Waals surface area contributed by atoms with Crippen molar-refractivity contribution in [1.82, 2.24) is 9.79 Å². The number of sulfonamides is 1. The number of alkyl halides is 3. The molecule has 1 N–H and O–H groups in total. The molecule has 0 heterocycles. The third-order valence-electron chi connectivity index (χ3n) is 4.10. The first-order valence-electron chi connectivity index (χ1n) is 8.04. The zero-order valence-corrected chi connectivity index (χ0v) is 16.2. The molecular weight excluding hydrogens is 397 g/mol. The molecule has 2 aromatic carbocycles. The number of carbonyl (C=O) groups excluding carboxylic acids is 1. The molecule has 0 spiro atoms. The van der Waals surface area contributed by atoms with Gasteiger partial charge in [-0.2, -0.15) is 13.2 Å². The van der Waals surface area contributed by atoms with Crippen molar-refractivity contribution in [2.75, 3.05) is 21.2 Å². The van der Waals surface area contributed by atoms with Crippen molar-refractivity contribution in [2.45, 2.75) is 17.5 Å². The lowest BCUT2D eigenvalue weighted by atomic mass is 9.98. The minimum atomic E-state index is -4.49. The fraction of sp³-hybridized carbons (Fsp3) is 0.278. The summed E-state index contributed by atoms with van der Waals surface area (Å²) < 4.78 is 65.1. The van der Waals surface area contributed by atoms with Crippen molar-refractivity contribution < 1.29 is 31.2 Å². The summed E-state index contributed by atoms with van der Waals surface area (Å²) in [5.74, 6) is -0.627. The van der Waals surface area contributed by atoms with Gasteiger partial charge >= 0.3 is 6.18 Å². The van der Waals surface area contributed by atoms with Gasteiger partial charge in [0.2, 0.25) is 10.0 Å². The Morgan fingerprint density at radius 2 is 1.86 bits per heavy atom. The maximum atomic E-state index is 12.9. The Hall–Kier alpha value is -2.43. The van der Waals surface area contributed by atoms with Gasteiger partial charge in [0.15, 0.2) is 0 Å². The number of benzene rings is 2. The van der Waals surface area contributed by atoms with E-state index >= 15 is 0 Å². The van der Waals surface area contributed by atoms with Crippen molar-refractivity contribution in [1.29, 1.82) is 0 Å². The van der Waals surface area contributed by atoms with Gasteiger partial charge in [0.1, 0.15) is 0 Å². The fourth-order valence-corrected chi connectivity index (χ4v) is 3.28. The minimum Gasteiger partial charge on any atom is -0.274 e. The Morgan fingerprint density at radius 1 is 1.18 bits per heavy atom.